The molecule has 1 heterocycles. The quantitative estimate of drug-likeness (QED) is 0.854. The minimum atomic E-state index is -0.383. The van der Waals surface area contributed by atoms with Crippen molar-refractivity contribution in [3.8, 4) is 0 Å². The number of hydrogen-bond acceptors (Lipinski definition) is 3. The summed E-state index contributed by atoms with van der Waals surface area (Å²) in [4.78, 5) is 15.2. The molecule has 1 saturated carbocycles. The van der Waals surface area contributed by atoms with E-state index in [4.69, 9.17) is 4.74 Å². The van der Waals surface area contributed by atoms with Gasteiger partial charge in [-0.25, -0.2) is 4.39 Å². The van der Waals surface area contributed by atoms with Crippen molar-refractivity contribution in [2.24, 2.45) is 0 Å². The van der Waals surface area contributed by atoms with Crippen LogP contribution < -0.4 is 0 Å². The molecule has 2 aliphatic rings. The van der Waals surface area contributed by atoms with Crippen LogP contribution in [0.4, 0.5) is 4.39 Å². The normalized spacial score (nSPS) is 22.3. The van der Waals surface area contributed by atoms with E-state index in [0.717, 1.165) is 38.8 Å². The smallest absolute Gasteiger partial charge is 0.157 e. The number of Topliss-reactive ketones (excluding diaryl/α,β-unsaturated/α-hetero) is 1. The first-order valence-electron chi connectivity index (χ1n) is 7.82. The minimum absolute atomic E-state index is 0.173. The SMILES string of the molecule is O=C(Cc1ccccc1F)C1(N2CCOCC2)CCCC1. The van der Waals surface area contributed by atoms with Gasteiger partial charge in [0.1, 0.15) is 5.82 Å². The largest absolute Gasteiger partial charge is 0.379 e. The van der Waals surface area contributed by atoms with E-state index in [9.17, 15) is 9.18 Å². The molecule has 1 saturated heterocycles. The van der Waals surface area contributed by atoms with Gasteiger partial charge in [-0.1, -0.05) is 31.0 Å². The summed E-state index contributed by atoms with van der Waals surface area (Å²) in [6.07, 6.45) is 4.17. The van der Waals surface area contributed by atoms with E-state index >= 15 is 0 Å². The van der Waals surface area contributed by atoms with E-state index in [-0.39, 0.29) is 23.6 Å². The molecule has 0 bridgehead atoms. The second-order valence-corrected chi connectivity index (χ2v) is 6.03. The Morgan fingerprint density at radius 1 is 1.19 bits per heavy atom. The lowest BCUT2D eigenvalue weighted by Gasteiger charge is -2.42. The number of rotatable bonds is 4. The number of ether oxygens (including phenoxy) is 1. The number of carbonyl (C=O) groups excluding carboxylic acids is 1. The topological polar surface area (TPSA) is 29.5 Å². The van der Waals surface area contributed by atoms with Crippen molar-refractivity contribution in [1.82, 2.24) is 4.90 Å². The molecule has 1 aliphatic heterocycles. The molecule has 2 fully saturated rings. The molecule has 3 rings (SSSR count). The van der Waals surface area contributed by atoms with E-state index in [0.29, 0.717) is 18.8 Å². The molecule has 0 unspecified atom stereocenters. The average Bonchev–Trinajstić information content (AvgIpc) is 3.01. The van der Waals surface area contributed by atoms with Crippen molar-refractivity contribution < 1.29 is 13.9 Å². The maximum absolute atomic E-state index is 13.8. The van der Waals surface area contributed by atoms with Crippen LogP contribution in [-0.2, 0) is 16.0 Å². The zero-order valence-corrected chi connectivity index (χ0v) is 12.3. The van der Waals surface area contributed by atoms with Crippen molar-refractivity contribution >= 4 is 5.78 Å². The van der Waals surface area contributed by atoms with Gasteiger partial charge in [-0.15, -0.1) is 0 Å². The van der Waals surface area contributed by atoms with Crippen LogP contribution in [-0.4, -0.2) is 42.5 Å². The lowest BCUT2D eigenvalue weighted by Crippen LogP contribution is -2.57. The number of benzene rings is 1. The van der Waals surface area contributed by atoms with Gasteiger partial charge in [0.05, 0.1) is 18.8 Å². The maximum Gasteiger partial charge on any atom is 0.157 e. The number of morpholine rings is 1. The van der Waals surface area contributed by atoms with Gasteiger partial charge >= 0.3 is 0 Å². The van der Waals surface area contributed by atoms with Crippen LogP contribution in [0.2, 0.25) is 0 Å². The van der Waals surface area contributed by atoms with Crippen LogP contribution in [0, 0.1) is 5.82 Å². The molecule has 3 nitrogen and oxygen atoms in total. The highest BCUT2D eigenvalue weighted by Crippen LogP contribution is 2.37. The summed E-state index contributed by atoms with van der Waals surface area (Å²) in [5.41, 5.74) is 0.133. The molecule has 0 N–H and O–H groups in total. The molecule has 114 valence electrons. The molecule has 1 aromatic rings. The fourth-order valence-corrected chi connectivity index (χ4v) is 3.70. The molecular formula is C17H22FNO2. The Labute approximate surface area is 125 Å². The van der Waals surface area contributed by atoms with Crippen molar-refractivity contribution in [1.29, 1.82) is 0 Å². The van der Waals surface area contributed by atoms with Gasteiger partial charge < -0.3 is 4.74 Å². The molecule has 0 radical (unpaired) electrons. The van der Waals surface area contributed by atoms with Crippen LogP contribution in [0.25, 0.3) is 0 Å². The van der Waals surface area contributed by atoms with Crippen molar-refractivity contribution in [2.45, 2.75) is 37.6 Å². The molecule has 0 atom stereocenters. The monoisotopic (exact) mass is 291 g/mol. The highest BCUT2D eigenvalue weighted by molar-refractivity contribution is 5.90. The molecule has 4 heteroatoms. The predicted octanol–water partition coefficient (Wildman–Crippen LogP) is 2.58. The van der Waals surface area contributed by atoms with Crippen LogP contribution in [0.15, 0.2) is 24.3 Å². The summed E-state index contributed by atoms with van der Waals surface area (Å²) in [6.45, 7) is 3.00. The molecule has 0 spiro atoms. The van der Waals surface area contributed by atoms with Crippen LogP contribution in [0.3, 0.4) is 0 Å². The molecule has 1 aromatic carbocycles. The summed E-state index contributed by atoms with van der Waals surface area (Å²) >= 11 is 0. The van der Waals surface area contributed by atoms with Gasteiger partial charge in [0, 0.05) is 19.5 Å². The van der Waals surface area contributed by atoms with Gasteiger partial charge in [-0.3, -0.25) is 9.69 Å². The Morgan fingerprint density at radius 2 is 1.86 bits per heavy atom. The Morgan fingerprint density at radius 3 is 2.52 bits per heavy atom. The summed E-state index contributed by atoms with van der Waals surface area (Å²) in [5, 5.41) is 0. The number of ketones is 1. The molecule has 1 aliphatic carbocycles. The highest BCUT2D eigenvalue weighted by Gasteiger charge is 2.45. The Kier molecular flexibility index (Phi) is 4.36. The third kappa shape index (κ3) is 2.87. The zero-order valence-electron chi connectivity index (χ0n) is 12.3. The van der Waals surface area contributed by atoms with Crippen LogP contribution in [0.5, 0.6) is 0 Å². The van der Waals surface area contributed by atoms with E-state index in [1.165, 1.54) is 6.07 Å². The van der Waals surface area contributed by atoms with Gasteiger partial charge in [0.15, 0.2) is 5.78 Å². The first-order valence-corrected chi connectivity index (χ1v) is 7.82. The van der Waals surface area contributed by atoms with E-state index in [1.54, 1.807) is 18.2 Å². The lowest BCUT2D eigenvalue weighted by atomic mass is 9.85. The van der Waals surface area contributed by atoms with Crippen molar-refractivity contribution in [2.75, 3.05) is 26.3 Å². The Bertz CT molecular complexity index is 505. The third-order valence-electron chi connectivity index (χ3n) is 4.88. The summed E-state index contributed by atoms with van der Waals surface area (Å²) in [7, 11) is 0. The van der Waals surface area contributed by atoms with Gasteiger partial charge in [-0.2, -0.15) is 0 Å². The summed E-state index contributed by atoms with van der Waals surface area (Å²) < 4.78 is 19.2. The van der Waals surface area contributed by atoms with E-state index < -0.39 is 0 Å². The number of nitrogens with zero attached hydrogens (tertiary/aromatic N) is 1. The standard InChI is InChI=1S/C17H22FNO2/c18-15-6-2-1-5-14(15)13-16(20)17(7-3-4-8-17)19-9-11-21-12-10-19/h1-2,5-6H,3-4,7-13H2. The fourth-order valence-electron chi connectivity index (χ4n) is 3.70. The van der Waals surface area contributed by atoms with Crippen LogP contribution >= 0.6 is 0 Å². The van der Waals surface area contributed by atoms with Crippen molar-refractivity contribution in [3.63, 3.8) is 0 Å². The van der Waals surface area contributed by atoms with E-state index in [2.05, 4.69) is 4.90 Å². The molecule has 21 heavy (non-hydrogen) atoms. The summed E-state index contributed by atoms with van der Waals surface area (Å²) in [6, 6.07) is 6.60. The van der Waals surface area contributed by atoms with Gasteiger partial charge in [-0.05, 0) is 24.5 Å². The van der Waals surface area contributed by atoms with Gasteiger partial charge in [0.25, 0.3) is 0 Å². The highest BCUT2D eigenvalue weighted by atomic mass is 19.1. The number of halogens is 1. The second-order valence-electron chi connectivity index (χ2n) is 6.03. The summed E-state index contributed by atoms with van der Waals surface area (Å²) in [5.74, 6) is -0.104. The molecular weight excluding hydrogens is 269 g/mol. The van der Waals surface area contributed by atoms with Crippen molar-refractivity contribution in [3.05, 3.63) is 35.6 Å². The Balaban J connectivity index is 1.80. The zero-order chi connectivity index (χ0) is 14.7. The Hall–Kier alpha value is -1.26. The first-order chi connectivity index (χ1) is 10.2. The number of hydrogen-bond donors (Lipinski definition) is 0. The van der Waals surface area contributed by atoms with Crippen LogP contribution in [0.1, 0.15) is 31.2 Å². The number of carbonyl (C=O) groups is 1. The predicted molar refractivity (Wildman–Crippen MR) is 78.7 cm³/mol. The fraction of sp³-hybridized carbons (Fsp3) is 0.588. The lowest BCUT2D eigenvalue weighted by molar-refractivity contribution is -0.133. The molecule has 0 aromatic heterocycles. The second kappa shape index (κ2) is 6.24. The third-order valence-corrected chi connectivity index (χ3v) is 4.88. The van der Waals surface area contributed by atoms with Gasteiger partial charge in [0.2, 0.25) is 0 Å². The maximum atomic E-state index is 13.8. The average molecular weight is 291 g/mol. The first kappa shape index (κ1) is 14.7. The molecule has 0 amide bonds. The van der Waals surface area contributed by atoms with E-state index in [1.807, 2.05) is 0 Å². The minimum Gasteiger partial charge on any atom is -0.379 e.